The highest BCUT2D eigenvalue weighted by Gasteiger charge is 2.15. The van der Waals surface area contributed by atoms with E-state index in [1.807, 2.05) is 6.92 Å². The fraction of sp³-hybridized carbons (Fsp3) is 0.143. The number of hydrogen-bond acceptors (Lipinski definition) is 4. The highest BCUT2D eigenvalue weighted by Crippen LogP contribution is 2.18. The van der Waals surface area contributed by atoms with Gasteiger partial charge in [-0.3, -0.25) is 4.98 Å². The van der Waals surface area contributed by atoms with Gasteiger partial charge in [0.15, 0.2) is 11.6 Å². The molecule has 0 fully saturated rings. The summed E-state index contributed by atoms with van der Waals surface area (Å²) in [6.45, 7) is 1.83. The monoisotopic (exact) mass is 278 g/mol. The minimum atomic E-state index is -1.15. The van der Waals surface area contributed by atoms with Gasteiger partial charge in [0.2, 0.25) is 0 Å². The fourth-order valence-corrected chi connectivity index (χ4v) is 1.66. The Morgan fingerprint density at radius 1 is 1.25 bits per heavy atom. The number of hydrogen-bond donors (Lipinski definition) is 1. The largest absolute Gasteiger partial charge is 0.457 e. The van der Waals surface area contributed by atoms with Crippen molar-refractivity contribution >= 4 is 11.7 Å². The smallest absolute Gasteiger partial charge is 0.340 e. The van der Waals surface area contributed by atoms with Crippen molar-refractivity contribution in [2.45, 2.75) is 13.5 Å². The van der Waals surface area contributed by atoms with Gasteiger partial charge in [0.25, 0.3) is 0 Å². The predicted molar refractivity (Wildman–Crippen MR) is 68.9 cm³/mol. The Morgan fingerprint density at radius 3 is 2.65 bits per heavy atom. The number of carbonyl (C=O) groups is 1. The summed E-state index contributed by atoms with van der Waals surface area (Å²) in [6.07, 6.45) is 3.22. The van der Waals surface area contributed by atoms with Crippen LogP contribution in [-0.4, -0.2) is 11.0 Å². The Labute approximate surface area is 114 Å². The number of esters is 1. The van der Waals surface area contributed by atoms with Crippen LogP contribution in [-0.2, 0) is 11.3 Å². The molecule has 1 heterocycles. The number of nitrogens with two attached hydrogens (primary N) is 1. The molecule has 0 radical (unpaired) electrons. The van der Waals surface area contributed by atoms with E-state index in [9.17, 15) is 13.6 Å². The molecule has 1 aromatic carbocycles. The molecule has 0 saturated heterocycles. The minimum Gasteiger partial charge on any atom is -0.457 e. The molecule has 6 heteroatoms. The van der Waals surface area contributed by atoms with Gasteiger partial charge in [-0.15, -0.1) is 0 Å². The fourth-order valence-electron chi connectivity index (χ4n) is 1.66. The molecule has 0 aliphatic carbocycles. The van der Waals surface area contributed by atoms with E-state index in [1.165, 1.54) is 0 Å². The Bertz CT molecular complexity index is 660. The van der Waals surface area contributed by atoms with Gasteiger partial charge in [-0.2, -0.15) is 0 Å². The third kappa shape index (κ3) is 3.09. The number of ether oxygens (including phenoxy) is 1. The average Bonchev–Trinajstić information content (AvgIpc) is 2.40. The highest BCUT2D eigenvalue weighted by molar-refractivity contribution is 5.95. The maximum atomic E-state index is 13.1. The van der Waals surface area contributed by atoms with Crippen LogP contribution in [0.15, 0.2) is 30.6 Å². The number of aromatic nitrogens is 1. The molecule has 20 heavy (non-hydrogen) atoms. The standard InChI is InChI=1S/C14H12F2N2O2/c1-8-2-9(6-18-5-8)7-20-14(19)10-3-11(15)12(16)4-13(10)17/h2-6H,7,17H2,1H3. The Kier molecular flexibility index (Phi) is 3.93. The quantitative estimate of drug-likeness (QED) is 0.692. The molecule has 0 amide bonds. The maximum absolute atomic E-state index is 13.1. The van der Waals surface area contributed by atoms with Crippen LogP contribution in [0.1, 0.15) is 21.5 Å². The van der Waals surface area contributed by atoms with Gasteiger partial charge >= 0.3 is 5.97 Å². The number of anilines is 1. The van der Waals surface area contributed by atoms with Crippen LogP contribution >= 0.6 is 0 Å². The van der Waals surface area contributed by atoms with Crippen molar-refractivity contribution in [2.24, 2.45) is 0 Å². The van der Waals surface area contributed by atoms with E-state index in [4.69, 9.17) is 10.5 Å². The summed E-state index contributed by atoms with van der Waals surface area (Å²) in [7, 11) is 0. The second-order valence-corrected chi connectivity index (χ2v) is 4.30. The number of benzene rings is 1. The molecule has 0 saturated carbocycles. The summed E-state index contributed by atoms with van der Waals surface area (Å²) in [4.78, 5) is 15.7. The molecule has 0 bridgehead atoms. The van der Waals surface area contributed by atoms with Gasteiger partial charge in [0.05, 0.1) is 5.56 Å². The molecule has 104 valence electrons. The first-order valence-corrected chi connectivity index (χ1v) is 5.79. The molecule has 0 atom stereocenters. The van der Waals surface area contributed by atoms with Gasteiger partial charge in [-0.25, -0.2) is 13.6 Å². The van der Waals surface area contributed by atoms with Crippen molar-refractivity contribution in [3.63, 3.8) is 0 Å². The second kappa shape index (κ2) is 5.64. The minimum absolute atomic E-state index is 0.0219. The first-order chi connectivity index (χ1) is 9.47. The number of carbonyl (C=O) groups excluding carboxylic acids is 1. The molecule has 0 unspecified atom stereocenters. The summed E-state index contributed by atoms with van der Waals surface area (Å²) in [5, 5.41) is 0. The van der Waals surface area contributed by atoms with Crippen molar-refractivity contribution in [3.8, 4) is 0 Å². The zero-order valence-corrected chi connectivity index (χ0v) is 10.7. The van der Waals surface area contributed by atoms with E-state index in [2.05, 4.69) is 4.98 Å². The molecule has 2 N–H and O–H groups in total. The number of halogens is 2. The van der Waals surface area contributed by atoms with Crippen LogP contribution in [0.3, 0.4) is 0 Å². The normalized spacial score (nSPS) is 10.3. The van der Waals surface area contributed by atoms with E-state index < -0.39 is 17.6 Å². The lowest BCUT2D eigenvalue weighted by Gasteiger charge is -2.08. The molecule has 0 spiro atoms. The van der Waals surface area contributed by atoms with E-state index in [0.29, 0.717) is 5.56 Å². The van der Waals surface area contributed by atoms with E-state index in [1.54, 1.807) is 18.5 Å². The van der Waals surface area contributed by atoms with Crippen LogP contribution in [0.25, 0.3) is 0 Å². The van der Waals surface area contributed by atoms with Crippen LogP contribution in [0.5, 0.6) is 0 Å². The topological polar surface area (TPSA) is 65.2 Å². The van der Waals surface area contributed by atoms with Crippen molar-refractivity contribution < 1.29 is 18.3 Å². The number of nitrogens with zero attached hydrogens (tertiary/aromatic N) is 1. The second-order valence-electron chi connectivity index (χ2n) is 4.30. The summed E-state index contributed by atoms with van der Waals surface area (Å²) < 4.78 is 31.0. The Hall–Kier alpha value is -2.50. The average molecular weight is 278 g/mol. The first-order valence-electron chi connectivity index (χ1n) is 5.79. The summed E-state index contributed by atoms with van der Waals surface area (Å²) in [5.74, 6) is -3.08. The molecule has 0 aliphatic rings. The lowest BCUT2D eigenvalue weighted by molar-refractivity contribution is 0.0473. The van der Waals surface area contributed by atoms with E-state index in [-0.39, 0.29) is 17.9 Å². The number of rotatable bonds is 3. The summed E-state index contributed by atoms with van der Waals surface area (Å²) in [5.41, 5.74) is 6.71. The van der Waals surface area contributed by atoms with Crippen molar-refractivity contribution in [2.75, 3.05) is 5.73 Å². The van der Waals surface area contributed by atoms with Gasteiger partial charge < -0.3 is 10.5 Å². The van der Waals surface area contributed by atoms with Gasteiger partial charge in [-0.05, 0) is 24.6 Å². The van der Waals surface area contributed by atoms with Crippen LogP contribution < -0.4 is 5.73 Å². The third-order valence-electron chi connectivity index (χ3n) is 2.61. The number of aryl methyl sites for hydroxylation is 1. The van der Waals surface area contributed by atoms with Crippen LogP contribution in [0.2, 0.25) is 0 Å². The van der Waals surface area contributed by atoms with Crippen LogP contribution in [0.4, 0.5) is 14.5 Å². The third-order valence-corrected chi connectivity index (χ3v) is 2.61. The molecule has 0 aliphatic heterocycles. The lowest BCUT2D eigenvalue weighted by Crippen LogP contribution is -2.10. The van der Waals surface area contributed by atoms with Crippen molar-refractivity contribution in [1.82, 2.24) is 4.98 Å². The SMILES string of the molecule is Cc1cncc(COC(=O)c2cc(F)c(F)cc2N)c1. The first kappa shape index (κ1) is 13.9. The molecule has 2 rings (SSSR count). The van der Waals surface area contributed by atoms with Gasteiger partial charge in [0, 0.05) is 29.7 Å². The molecule has 4 nitrogen and oxygen atoms in total. The van der Waals surface area contributed by atoms with E-state index >= 15 is 0 Å². The molecular formula is C14H12F2N2O2. The zero-order valence-electron chi connectivity index (χ0n) is 10.7. The Morgan fingerprint density at radius 2 is 1.95 bits per heavy atom. The molecular weight excluding hydrogens is 266 g/mol. The van der Waals surface area contributed by atoms with Gasteiger partial charge in [-0.1, -0.05) is 0 Å². The van der Waals surface area contributed by atoms with Gasteiger partial charge in [0.1, 0.15) is 6.61 Å². The summed E-state index contributed by atoms with van der Waals surface area (Å²) in [6, 6.07) is 3.27. The van der Waals surface area contributed by atoms with E-state index in [0.717, 1.165) is 17.7 Å². The van der Waals surface area contributed by atoms with Crippen molar-refractivity contribution in [1.29, 1.82) is 0 Å². The molecule has 1 aromatic heterocycles. The summed E-state index contributed by atoms with van der Waals surface area (Å²) >= 11 is 0. The number of nitrogen functional groups attached to an aromatic ring is 1. The Balaban J connectivity index is 2.11. The lowest BCUT2D eigenvalue weighted by atomic mass is 10.1. The highest BCUT2D eigenvalue weighted by atomic mass is 19.2. The van der Waals surface area contributed by atoms with Crippen molar-refractivity contribution in [3.05, 3.63) is 58.9 Å². The predicted octanol–water partition coefficient (Wildman–Crippen LogP) is 2.61. The van der Waals surface area contributed by atoms with Crippen LogP contribution in [0, 0.1) is 18.6 Å². The number of pyridine rings is 1. The maximum Gasteiger partial charge on any atom is 0.340 e. The zero-order chi connectivity index (χ0) is 14.7. The molecule has 2 aromatic rings.